The molecular formula is C20H23N5O2. The number of aromatic nitrogens is 2. The molecule has 2 aliphatic heterocycles. The van der Waals surface area contributed by atoms with Crippen molar-refractivity contribution in [3.05, 3.63) is 47.4 Å². The maximum atomic E-state index is 13.0. The molecule has 0 N–H and O–H groups in total. The molecule has 4 rings (SSSR count). The highest BCUT2D eigenvalue weighted by atomic mass is 16.2. The number of aryl methyl sites for hydroxylation is 1. The molecule has 0 saturated carbocycles. The van der Waals surface area contributed by atoms with Gasteiger partial charge in [-0.15, -0.1) is 0 Å². The van der Waals surface area contributed by atoms with Crippen LogP contribution in [0.2, 0.25) is 0 Å². The van der Waals surface area contributed by atoms with Crippen molar-refractivity contribution in [3.63, 3.8) is 0 Å². The maximum absolute atomic E-state index is 13.0. The van der Waals surface area contributed by atoms with E-state index in [0.29, 0.717) is 37.7 Å². The second kappa shape index (κ2) is 6.98. The highest BCUT2D eigenvalue weighted by Gasteiger charge is 2.26. The largest absolute Gasteiger partial charge is 0.339 e. The van der Waals surface area contributed by atoms with Crippen LogP contribution in [0.4, 0.5) is 11.5 Å². The first-order valence-electron chi connectivity index (χ1n) is 9.29. The van der Waals surface area contributed by atoms with E-state index < -0.39 is 0 Å². The highest BCUT2D eigenvalue weighted by Crippen LogP contribution is 2.33. The van der Waals surface area contributed by atoms with E-state index in [9.17, 15) is 9.59 Å². The van der Waals surface area contributed by atoms with Gasteiger partial charge < -0.3 is 14.7 Å². The Morgan fingerprint density at radius 3 is 2.41 bits per heavy atom. The van der Waals surface area contributed by atoms with Crippen molar-refractivity contribution in [2.24, 2.45) is 0 Å². The molecule has 140 valence electrons. The molecule has 7 heteroatoms. The van der Waals surface area contributed by atoms with Gasteiger partial charge in [-0.2, -0.15) is 0 Å². The van der Waals surface area contributed by atoms with Gasteiger partial charge in [-0.05, 0) is 25.0 Å². The Labute approximate surface area is 158 Å². The molecule has 7 nitrogen and oxygen atoms in total. The minimum Gasteiger partial charge on any atom is -0.339 e. The molecule has 1 aromatic carbocycles. The Kier molecular flexibility index (Phi) is 4.51. The van der Waals surface area contributed by atoms with E-state index in [1.165, 1.54) is 5.56 Å². The SMILES string of the molecule is CC(=O)N1CCN(C(=O)c2cc(N3CCc4ccccc43)nc(C)n2)CC1. The van der Waals surface area contributed by atoms with E-state index in [2.05, 4.69) is 27.0 Å². The number of carbonyl (C=O) groups excluding carboxylic acids is 2. The lowest BCUT2D eigenvalue weighted by Crippen LogP contribution is -2.50. The van der Waals surface area contributed by atoms with E-state index in [1.54, 1.807) is 22.8 Å². The van der Waals surface area contributed by atoms with Gasteiger partial charge in [0.05, 0.1) is 0 Å². The van der Waals surface area contributed by atoms with Crippen molar-refractivity contribution < 1.29 is 9.59 Å². The molecule has 2 aromatic rings. The number of rotatable bonds is 2. The van der Waals surface area contributed by atoms with E-state index in [-0.39, 0.29) is 11.8 Å². The van der Waals surface area contributed by atoms with E-state index in [1.807, 2.05) is 19.1 Å². The van der Waals surface area contributed by atoms with Crippen LogP contribution in [0.1, 0.15) is 28.8 Å². The summed E-state index contributed by atoms with van der Waals surface area (Å²) in [6.07, 6.45) is 0.968. The zero-order valence-corrected chi connectivity index (χ0v) is 15.7. The molecule has 0 unspecified atom stereocenters. The van der Waals surface area contributed by atoms with Crippen LogP contribution in [-0.4, -0.2) is 64.3 Å². The number of hydrogen-bond acceptors (Lipinski definition) is 5. The van der Waals surface area contributed by atoms with Gasteiger partial charge in [-0.1, -0.05) is 18.2 Å². The van der Waals surface area contributed by atoms with Gasteiger partial charge in [0, 0.05) is 51.4 Å². The first-order chi connectivity index (χ1) is 13.0. The third-order valence-electron chi connectivity index (χ3n) is 5.22. The minimum atomic E-state index is -0.0996. The molecule has 27 heavy (non-hydrogen) atoms. The van der Waals surface area contributed by atoms with Crippen LogP contribution in [0.15, 0.2) is 30.3 Å². The Morgan fingerprint density at radius 2 is 1.67 bits per heavy atom. The molecule has 1 fully saturated rings. The van der Waals surface area contributed by atoms with Crippen molar-refractivity contribution in [3.8, 4) is 0 Å². The number of carbonyl (C=O) groups is 2. The van der Waals surface area contributed by atoms with Crippen molar-refractivity contribution in [2.75, 3.05) is 37.6 Å². The van der Waals surface area contributed by atoms with Gasteiger partial charge in [0.2, 0.25) is 5.91 Å². The Morgan fingerprint density at radius 1 is 0.963 bits per heavy atom. The fourth-order valence-electron chi connectivity index (χ4n) is 3.76. The maximum Gasteiger partial charge on any atom is 0.272 e. The van der Waals surface area contributed by atoms with Crippen LogP contribution in [0.3, 0.4) is 0 Å². The lowest BCUT2D eigenvalue weighted by atomic mass is 10.2. The third kappa shape index (κ3) is 3.37. The van der Waals surface area contributed by atoms with Crippen LogP contribution in [0.25, 0.3) is 0 Å². The standard InChI is InChI=1S/C20H23N5O2/c1-14-21-17(20(27)24-11-9-23(10-12-24)15(2)26)13-19(22-14)25-8-7-16-5-3-4-6-18(16)25/h3-6,13H,7-12H2,1-2H3. The number of nitrogens with zero attached hydrogens (tertiary/aromatic N) is 5. The summed E-state index contributed by atoms with van der Waals surface area (Å²) in [4.78, 5) is 39.1. The molecular weight excluding hydrogens is 342 g/mol. The summed E-state index contributed by atoms with van der Waals surface area (Å²) in [5.41, 5.74) is 2.85. The zero-order chi connectivity index (χ0) is 19.0. The van der Waals surface area contributed by atoms with Crippen LogP contribution in [0.5, 0.6) is 0 Å². The number of para-hydroxylation sites is 1. The quantitative estimate of drug-likeness (QED) is 0.811. The van der Waals surface area contributed by atoms with Gasteiger partial charge in [-0.3, -0.25) is 9.59 Å². The summed E-state index contributed by atoms with van der Waals surface area (Å²) in [5, 5.41) is 0. The lowest BCUT2D eigenvalue weighted by molar-refractivity contribution is -0.130. The lowest BCUT2D eigenvalue weighted by Gasteiger charge is -2.34. The second-order valence-electron chi connectivity index (χ2n) is 6.99. The number of amides is 2. The van der Waals surface area contributed by atoms with Crippen LogP contribution in [-0.2, 0) is 11.2 Å². The number of fused-ring (bicyclic) bond motifs is 1. The molecule has 0 bridgehead atoms. The minimum absolute atomic E-state index is 0.0509. The van der Waals surface area contributed by atoms with E-state index >= 15 is 0 Å². The van der Waals surface area contributed by atoms with Crippen molar-refractivity contribution in [2.45, 2.75) is 20.3 Å². The van der Waals surface area contributed by atoms with E-state index in [0.717, 1.165) is 24.5 Å². The fourth-order valence-corrected chi connectivity index (χ4v) is 3.76. The monoisotopic (exact) mass is 365 g/mol. The zero-order valence-electron chi connectivity index (χ0n) is 15.7. The normalized spacial score (nSPS) is 16.4. The average molecular weight is 365 g/mol. The number of hydrogen-bond donors (Lipinski definition) is 0. The molecule has 1 aromatic heterocycles. The van der Waals surface area contributed by atoms with Crippen molar-refractivity contribution in [1.29, 1.82) is 0 Å². The molecule has 2 aliphatic rings. The van der Waals surface area contributed by atoms with Crippen LogP contribution < -0.4 is 4.90 Å². The van der Waals surface area contributed by atoms with Crippen molar-refractivity contribution >= 4 is 23.3 Å². The predicted molar refractivity (Wildman–Crippen MR) is 102 cm³/mol. The van der Waals surface area contributed by atoms with Crippen LogP contribution in [0, 0.1) is 6.92 Å². The summed E-state index contributed by atoms with van der Waals surface area (Å²) in [7, 11) is 0. The smallest absolute Gasteiger partial charge is 0.272 e. The third-order valence-corrected chi connectivity index (χ3v) is 5.22. The van der Waals surface area contributed by atoms with Crippen LogP contribution >= 0.6 is 0 Å². The number of piperazine rings is 1. The Balaban J connectivity index is 1.57. The first-order valence-corrected chi connectivity index (χ1v) is 9.29. The highest BCUT2D eigenvalue weighted by molar-refractivity contribution is 5.93. The number of benzene rings is 1. The summed E-state index contributed by atoms with van der Waals surface area (Å²) >= 11 is 0. The Bertz CT molecular complexity index is 890. The van der Waals surface area contributed by atoms with Gasteiger partial charge in [0.15, 0.2) is 0 Å². The second-order valence-corrected chi connectivity index (χ2v) is 6.99. The fraction of sp³-hybridized carbons (Fsp3) is 0.400. The topological polar surface area (TPSA) is 69.6 Å². The summed E-state index contributed by atoms with van der Waals surface area (Å²) in [5.74, 6) is 1.30. The molecule has 0 aliphatic carbocycles. The number of anilines is 2. The molecule has 1 saturated heterocycles. The van der Waals surface area contributed by atoms with Crippen molar-refractivity contribution in [1.82, 2.24) is 19.8 Å². The first kappa shape index (κ1) is 17.5. The Hall–Kier alpha value is -2.96. The van der Waals surface area contributed by atoms with Gasteiger partial charge in [-0.25, -0.2) is 9.97 Å². The average Bonchev–Trinajstić information content (AvgIpc) is 3.11. The molecule has 0 spiro atoms. The summed E-state index contributed by atoms with van der Waals surface area (Å²) in [6, 6.07) is 10.1. The molecule has 2 amide bonds. The van der Waals surface area contributed by atoms with Gasteiger partial charge in [0.1, 0.15) is 17.3 Å². The predicted octanol–water partition coefficient (Wildman–Crippen LogP) is 1.78. The van der Waals surface area contributed by atoms with Gasteiger partial charge >= 0.3 is 0 Å². The summed E-state index contributed by atoms with van der Waals surface area (Å²) in [6.45, 7) is 6.42. The van der Waals surface area contributed by atoms with Gasteiger partial charge in [0.25, 0.3) is 5.91 Å². The molecule has 0 radical (unpaired) electrons. The molecule has 0 atom stereocenters. The molecule has 3 heterocycles. The van der Waals surface area contributed by atoms with E-state index in [4.69, 9.17) is 0 Å². The summed E-state index contributed by atoms with van der Waals surface area (Å²) < 4.78 is 0.